The van der Waals surface area contributed by atoms with E-state index in [1.54, 1.807) is 48.5 Å². The van der Waals surface area contributed by atoms with Crippen LogP contribution >= 0.6 is 0 Å². The van der Waals surface area contributed by atoms with Crippen molar-refractivity contribution in [2.75, 3.05) is 18.4 Å². The zero-order valence-corrected chi connectivity index (χ0v) is 25.9. The fraction of sp³-hybridized carbons (Fsp3) is 0.154. The molecule has 9 heteroatoms. The molecule has 1 aliphatic heterocycles. The maximum Gasteiger partial charge on any atom is 0.416 e. The molecule has 0 aromatic heterocycles. The average Bonchev–Trinajstić information content (AvgIpc) is 3.66. The van der Waals surface area contributed by atoms with Gasteiger partial charge in [0.25, 0.3) is 17.7 Å². The summed E-state index contributed by atoms with van der Waals surface area (Å²) in [6.45, 7) is 1.83. The number of benzene rings is 5. The van der Waals surface area contributed by atoms with Gasteiger partial charge in [-0.05, 0) is 83.1 Å². The molecule has 0 aliphatic carbocycles. The number of amides is 3. The molecule has 1 heterocycles. The molecule has 5 aromatic carbocycles. The number of carbonyl (C=O) groups is 3. The second-order valence-electron chi connectivity index (χ2n) is 11.6. The summed E-state index contributed by atoms with van der Waals surface area (Å²) >= 11 is 0. The topological polar surface area (TPSA) is 78.5 Å². The maximum absolute atomic E-state index is 13.3. The Labute approximate surface area is 276 Å². The van der Waals surface area contributed by atoms with E-state index in [-0.39, 0.29) is 23.9 Å². The first-order valence-corrected chi connectivity index (χ1v) is 15.6. The molecule has 0 unspecified atom stereocenters. The molecule has 0 saturated carbocycles. The third kappa shape index (κ3) is 7.31. The van der Waals surface area contributed by atoms with Gasteiger partial charge in [0.1, 0.15) is 0 Å². The van der Waals surface area contributed by atoms with E-state index in [1.165, 1.54) is 12.1 Å². The summed E-state index contributed by atoms with van der Waals surface area (Å²) in [5.74, 6) is -0.755. The second-order valence-corrected chi connectivity index (χ2v) is 11.6. The second kappa shape index (κ2) is 14.0. The molecule has 3 amide bonds. The highest BCUT2D eigenvalue weighted by Crippen LogP contribution is 2.32. The number of nitrogens with zero attached hydrogens (tertiary/aromatic N) is 1. The maximum atomic E-state index is 13.3. The van der Waals surface area contributed by atoms with Gasteiger partial charge >= 0.3 is 6.18 Å². The number of halogens is 3. The molecule has 0 spiro atoms. The number of rotatable bonds is 8. The predicted molar refractivity (Wildman–Crippen MR) is 179 cm³/mol. The summed E-state index contributed by atoms with van der Waals surface area (Å²) in [6.07, 6.45) is -2.41. The van der Waals surface area contributed by atoms with E-state index >= 15 is 0 Å². The Hall–Kier alpha value is -5.70. The van der Waals surface area contributed by atoms with Crippen molar-refractivity contribution in [3.05, 3.63) is 149 Å². The van der Waals surface area contributed by atoms with Crippen LogP contribution in [0.2, 0.25) is 0 Å². The largest absolute Gasteiger partial charge is 0.416 e. The van der Waals surface area contributed by atoms with E-state index < -0.39 is 17.6 Å². The normalized spacial score (nSPS) is 12.9. The van der Waals surface area contributed by atoms with Crippen LogP contribution in [0.5, 0.6) is 0 Å². The Bertz CT molecular complexity index is 1950. The summed E-state index contributed by atoms with van der Waals surface area (Å²) in [6, 6.07) is 33.1. The number of alkyl halides is 3. The molecule has 2 N–H and O–H groups in total. The Morgan fingerprint density at radius 3 is 1.88 bits per heavy atom. The SMILES string of the molecule is O=C(NCc1ccc(-c2ccccc2C(=O)N2CCCC2)cc1)c1cccc(NC(=O)c2ccccc2-c2ccc(C(F)(F)F)cc2)c1. The van der Waals surface area contributed by atoms with Crippen molar-refractivity contribution in [3.63, 3.8) is 0 Å². The van der Waals surface area contributed by atoms with Crippen LogP contribution in [0.4, 0.5) is 18.9 Å². The van der Waals surface area contributed by atoms with E-state index in [9.17, 15) is 27.6 Å². The van der Waals surface area contributed by atoms with Crippen LogP contribution in [0, 0.1) is 0 Å². The summed E-state index contributed by atoms with van der Waals surface area (Å²) < 4.78 is 39.1. The van der Waals surface area contributed by atoms with E-state index in [4.69, 9.17) is 0 Å². The first-order valence-electron chi connectivity index (χ1n) is 15.6. The molecule has 5 aromatic rings. The van der Waals surface area contributed by atoms with Gasteiger partial charge in [0.05, 0.1) is 5.56 Å². The van der Waals surface area contributed by atoms with Crippen molar-refractivity contribution < 1.29 is 27.6 Å². The zero-order valence-electron chi connectivity index (χ0n) is 25.9. The van der Waals surface area contributed by atoms with E-state index in [0.29, 0.717) is 27.9 Å². The fourth-order valence-corrected chi connectivity index (χ4v) is 5.81. The molecule has 1 fully saturated rings. The van der Waals surface area contributed by atoms with Crippen molar-refractivity contribution in [1.29, 1.82) is 0 Å². The summed E-state index contributed by atoms with van der Waals surface area (Å²) in [7, 11) is 0. The van der Waals surface area contributed by atoms with Crippen LogP contribution in [0.1, 0.15) is 55.0 Å². The predicted octanol–water partition coefficient (Wildman–Crippen LogP) is 8.46. The lowest BCUT2D eigenvalue weighted by molar-refractivity contribution is -0.137. The number of hydrogen-bond acceptors (Lipinski definition) is 3. The molecule has 242 valence electrons. The van der Waals surface area contributed by atoms with Crippen molar-refractivity contribution in [2.24, 2.45) is 0 Å². The summed E-state index contributed by atoms with van der Waals surface area (Å²) in [5.41, 5.74) is 4.51. The molecular formula is C39H32F3N3O3. The molecule has 1 aliphatic rings. The zero-order chi connectivity index (χ0) is 33.7. The van der Waals surface area contributed by atoms with Gasteiger partial charge in [0.15, 0.2) is 0 Å². The van der Waals surface area contributed by atoms with Crippen LogP contribution in [0.15, 0.2) is 121 Å². The Balaban J connectivity index is 1.10. The van der Waals surface area contributed by atoms with E-state index in [0.717, 1.165) is 54.8 Å². The summed E-state index contributed by atoms with van der Waals surface area (Å²) in [4.78, 5) is 41.3. The number of carbonyl (C=O) groups excluding carboxylic acids is 3. The lowest BCUT2D eigenvalue weighted by atomic mass is 9.98. The number of likely N-dealkylation sites (tertiary alicyclic amines) is 1. The van der Waals surface area contributed by atoms with Crippen LogP contribution < -0.4 is 10.6 Å². The van der Waals surface area contributed by atoms with Crippen molar-refractivity contribution >= 4 is 23.4 Å². The van der Waals surface area contributed by atoms with Crippen LogP contribution in [0.25, 0.3) is 22.3 Å². The minimum Gasteiger partial charge on any atom is -0.348 e. The quantitative estimate of drug-likeness (QED) is 0.177. The van der Waals surface area contributed by atoms with Crippen molar-refractivity contribution in [3.8, 4) is 22.3 Å². The van der Waals surface area contributed by atoms with Gasteiger partial charge in [-0.3, -0.25) is 14.4 Å². The standard InChI is InChI=1S/C39H32F3N3O3/c40-39(41,42)30-20-18-28(19-21-30)32-10-1-3-12-34(32)37(47)44-31-9-7-8-29(24-31)36(46)43-25-26-14-16-27(17-15-26)33-11-2-4-13-35(33)38(48)45-22-5-6-23-45/h1-4,7-21,24H,5-6,22-23,25H2,(H,43,46)(H,44,47). The highest BCUT2D eigenvalue weighted by molar-refractivity contribution is 6.09. The van der Waals surface area contributed by atoms with Crippen molar-refractivity contribution in [2.45, 2.75) is 25.6 Å². The minimum absolute atomic E-state index is 0.0428. The smallest absolute Gasteiger partial charge is 0.348 e. The monoisotopic (exact) mass is 647 g/mol. The fourth-order valence-electron chi connectivity index (χ4n) is 5.81. The van der Waals surface area contributed by atoms with Gasteiger partial charge in [0, 0.05) is 42.0 Å². The molecule has 48 heavy (non-hydrogen) atoms. The highest BCUT2D eigenvalue weighted by Gasteiger charge is 2.30. The third-order valence-corrected chi connectivity index (χ3v) is 8.35. The lowest BCUT2D eigenvalue weighted by Gasteiger charge is -2.18. The summed E-state index contributed by atoms with van der Waals surface area (Å²) in [5, 5.41) is 5.71. The van der Waals surface area contributed by atoms with Crippen LogP contribution in [-0.2, 0) is 12.7 Å². The number of hydrogen-bond donors (Lipinski definition) is 2. The average molecular weight is 648 g/mol. The Morgan fingerprint density at radius 2 is 1.23 bits per heavy atom. The molecule has 6 nitrogen and oxygen atoms in total. The van der Waals surface area contributed by atoms with Gasteiger partial charge in [-0.2, -0.15) is 13.2 Å². The highest BCUT2D eigenvalue weighted by atomic mass is 19.4. The number of anilines is 1. The van der Waals surface area contributed by atoms with Crippen molar-refractivity contribution in [1.82, 2.24) is 10.2 Å². The first kappa shape index (κ1) is 32.2. The number of nitrogens with one attached hydrogen (secondary N) is 2. The molecule has 0 radical (unpaired) electrons. The van der Waals surface area contributed by atoms with Gasteiger partial charge < -0.3 is 15.5 Å². The van der Waals surface area contributed by atoms with Gasteiger partial charge in [-0.1, -0.05) is 78.9 Å². The molecule has 6 rings (SSSR count). The lowest BCUT2D eigenvalue weighted by Crippen LogP contribution is -2.28. The van der Waals surface area contributed by atoms with Crippen LogP contribution in [-0.4, -0.2) is 35.7 Å². The molecule has 0 bridgehead atoms. The molecule has 1 saturated heterocycles. The van der Waals surface area contributed by atoms with Crippen LogP contribution in [0.3, 0.4) is 0 Å². The first-order chi connectivity index (χ1) is 23.2. The van der Waals surface area contributed by atoms with Gasteiger partial charge in [-0.25, -0.2) is 0 Å². The minimum atomic E-state index is -4.46. The van der Waals surface area contributed by atoms with Gasteiger partial charge in [0.2, 0.25) is 0 Å². The van der Waals surface area contributed by atoms with Gasteiger partial charge in [-0.15, -0.1) is 0 Å². The Morgan fingerprint density at radius 1 is 0.646 bits per heavy atom. The molecule has 0 atom stereocenters. The van der Waals surface area contributed by atoms with E-state index in [1.807, 2.05) is 53.4 Å². The molecular weight excluding hydrogens is 615 g/mol. The Kier molecular flexibility index (Phi) is 9.38. The third-order valence-electron chi connectivity index (χ3n) is 8.35. The van der Waals surface area contributed by atoms with E-state index in [2.05, 4.69) is 10.6 Å².